The van der Waals surface area contributed by atoms with Crippen LogP contribution in [0.3, 0.4) is 0 Å². The first-order valence-electron chi connectivity index (χ1n) is 14.6. The van der Waals surface area contributed by atoms with Gasteiger partial charge in [-0.15, -0.1) is 0 Å². The van der Waals surface area contributed by atoms with E-state index in [9.17, 15) is 14.9 Å². The van der Waals surface area contributed by atoms with Gasteiger partial charge in [0.2, 0.25) is 11.9 Å². The lowest BCUT2D eigenvalue weighted by Crippen LogP contribution is -2.56. The molecule has 2 N–H and O–H groups in total. The van der Waals surface area contributed by atoms with Crippen molar-refractivity contribution >= 4 is 18.0 Å². The van der Waals surface area contributed by atoms with Crippen molar-refractivity contribution in [1.82, 2.24) is 20.4 Å². The predicted molar refractivity (Wildman–Crippen MR) is 149 cm³/mol. The molecule has 3 rings (SSSR count). The summed E-state index contributed by atoms with van der Waals surface area (Å²) in [6, 6.07) is 1.53. The van der Waals surface area contributed by atoms with Crippen molar-refractivity contribution in [3.8, 4) is 6.07 Å². The van der Waals surface area contributed by atoms with E-state index in [0.717, 1.165) is 32.0 Å². The van der Waals surface area contributed by atoms with E-state index < -0.39 is 17.7 Å². The Hall–Kier alpha value is -2.38. The van der Waals surface area contributed by atoms with Crippen molar-refractivity contribution in [2.45, 2.75) is 97.1 Å². The molecule has 0 bridgehead atoms. The van der Waals surface area contributed by atoms with Crippen LogP contribution in [-0.4, -0.2) is 91.9 Å². The van der Waals surface area contributed by atoms with Gasteiger partial charge in [0.15, 0.2) is 0 Å². The fourth-order valence-corrected chi connectivity index (χ4v) is 5.03. The van der Waals surface area contributed by atoms with Crippen molar-refractivity contribution in [2.75, 3.05) is 52.5 Å². The SMILES string of the molecule is CC1CCCCCC1.CCCN1CCC(C#N)(NC(=O)C(C)N=C(NC(=O)OCC)N2CCOCC2)CC1. The van der Waals surface area contributed by atoms with Crippen molar-refractivity contribution in [1.29, 1.82) is 5.26 Å². The van der Waals surface area contributed by atoms with E-state index in [1.807, 2.05) is 4.90 Å². The van der Waals surface area contributed by atoms with Crippen LogP contribution in [0.2, 0.25) is 0 Å². The fourth-order valence-electron chi connectivity index (χ4n) is 5.03. The number of carbonyl (C=O) groups excluding carboxylic acids is 2. The summed E-state index contributed by atoms with van der Waals surface area (Å²) < 4.78 is 10.3. The number of nitrogens with zero attached hydrogens (tertiary/aromatic N) is 4. The average molecular weight is 535 g/mol. The number of hydrogen-bond donors (Lipinski definition) is 2. The van der Waals surface area contributed by atoms with Crippen LogP contribution in [0.4, 0.5) is 4.79 Å². The Kier molecular flexibility index (Phi) is 14.5. The van der Waals surface area contributed by atoms with Crippen LogP contribution in [0.15, 0.2) is 4.99 Å². The number of ether oxygens (including phenoxy) is 2. The van der Waals surface area contributed by atoms with Gasteiger partial charge in [0.25, 0.3) is 0 Å². The lowest BCUT2D eigenvalue weighted by atomic mass is 9.88. The molecule has 0 aromatic rings. The highest BCUT2D eigenvalue weighted by Crippen LogP contribution is 2.23. The van der Waals surface area contributed by atoms with Gasteiger partial charge >= 0.3 is 6.09 Å². The zero-order valence-corrected chi connectivity index (χ0v) is 24.1. The number of nitrogens with one attached hydrogen (secondary N) is 2. The van der Waals surface area contributed by atoms with Crippen molar-refractivity contribution in [3.05, 3.63) is 0 Å². The number of amides is 2. The average Bonchev–Trinajstić information content (AvgIpc) is 3.18. The smallest absolute Gasteiger partial charge is 0.413 e. The van der Waals surface area contributed by atoms with E-state index in [-0.39, 0.29) is 18.5 Å². The molecule has 10 heteroatoms. The minimum atomic E-state index is -0.876. The lowest BCUT2D eigenvalue weighted by Gasteiger charge is -2.38. The monoisotopic (exact) mass is 534 g/mol. The van der Waals surface area contributed by atoms with E-state index in [1.165, 1.54) is 38.5 Å². The number of rotatable bonds is 6. The zero-order valence-electron chi connectivity index (χ0n) is 24.1. The largest absolute Gasteiger partial charge is 0.450 e. The highest BCUT2D eigenvalue weighted by molar-refractivity contribution is 5.95. The maximum absolute atomic E-state index is 12.8. The first-order valence-corrected chi connectivity index (χ1v) is 14.6. The van der Waals surface area contributed by atoms with Gasteiger partial charge in [0.1, 0.15) is 11.6 Å². The van der Waals surface area contributed by atoms with E-state index in [0.29, 0.717) is 39.1 Å². The summed E-state index contributed by atoms with van der Waals surface area (Å²) in [5.74, 6) is 0.970. The molecule has 1 atom stereocenters. The van der Waals surface area contributed by atoms with E-state index in [4.69, 9.17) is 9.47 Å². The van der Waals surface area contributed by atoms with Crippen LogP contribution in [0.1, 0.15) is 85.5 Å². The molecule has 216 valence electrons. The van der Waals surface area contributed by atoms with Gasteiger partial charge in [-0.3, -0.25) is 10.1 Å². The second-order valence-corrected chi connectivity index (χ2v) is 10.7. The lowest BCUT2D eigenvalue weighted by molar-refractivity contribution is -0.123. The summed E-state index contributed by atoms with van der Waals surface area (Å²) in [5.41, 5.74) is -0.876. The normalized spacial score (nSPS) is 21.7. The molecule has 38 heavy (non-hydrogen) atoms. The van der Waals surface area contributed by atoms with Gasteiger partial charge in [0, 0.05) is 26.2 Å². The first-order chi connectivity index (χ1) is 18.3. The molecule has 0 aromatic heterocycles. The Morgan fingerprint density at radius 1 is 1.11 bits per heavy atom. The molecule has 2 saturated heterocycles. The standard InChI is InChI=1S/C20H34N6O4.C8H16/c1-4-8-25-9-6-20(15-21,7-10-25)24-17(27)16(3)22-18(23-19(28)30-5-2)26-11-13-29-14-12-26;1-8-6-4-2-3-5-7-8/h16H,4-14H2,1-3H3,(H,24,27)(H,22,23,28);8H,2-7H2,1H3. The molecule has 0 radical (unpaired) electrons. The number of guanidine groups is 1. The van der Waals surface area contributed by atoms with Crippen LogP contribution >= 0.6 is 0 Å². The van der Waals surface area contributed by atoms with Crippen LogP contribution < -0.4 is 10.6 Å². The van der Waals surface area contributed by atoms with Crippen LogP contribution in [0, 0.1) is 17.2 Å². The maximum atomic E-state index is 12.8. The number of carbonyl (C=O) groups is 2. The Morgan fingerprint density at radius 2 is 1.74 bits per heavy atom. The number of aliphatic imine (C=N–C) groups is 1. The Bertz CT molecular complexity index is 777. The summed E-state index contributed by atoms with van der Waals surface area (Å²) in [6.45, 7) is 12.8. The molecule has 1 saturated carbocycles. The summed E-state index contributed by atoms with van der Waals surface area (Å²) in [7, 11) is 0. The first kappa shape index (κ1) is 31.8. The Balaban J connectivity index is 0.000000538. The fraction of sp³-hybridized carbons (Fsp3) is 0.857. The Labute approximate surface area is 229 Å². The molecular weight excluding hydrogens is 484 g/mol. The van der Waals surface area contributed by atoms with Crippen molar-refractivity contribution < 1.29 is 19.1 Å². The highest BCUT2D eigenvalue weighted by atomic mass is 16.5. The quantitative estimate of drug-likeness (QED) is 0.303. The van der Waals surface area contributed by atoms with Crippen molar-refractivity contribution in [2.24, 2.45) is 10.9 Å². The van der Waals surface area contributed by atoms with Gasteiger partial charge in [-0.05, 0) is 45.6 Å². The molecule has 0 aromatic carbocycles. The summed E-state index contributed by atoms with van der Waals surface area (Å²) >= 11 is 0. The van der Waals surface area contributed by atoms with Gasteiger partial charge < -0.3 is 24.6 Å². The molecule has 3 fully saturated rings. The second-order valence-electron chi connectivity index (χ2n) is 10.7. The third-order valence-corrected chi connectivity index (χ3v) is 7.47. The number of piperidine rings is 1. The number of hydrogen-bond acceptors (Lipinski definition) is 7. The molecule has 3 aliphatic rings. The van der Waals surface area contributed by atoms with Gasteiger partial charge in [-0.1, -0.05) is 52.4 Å². The number of likely N-dealkylation sites (tertiary alicyclic amines) is 1. The number of morpholine rings is 1. The second kappa shape index (κ2) is 17.3. The molecule has 1 unspecified atom stereocenters. The minimum absolute atomic E-state index is 0.234. The molecule has 1 aliphatic carbocycles. The molecular formula is C28H50N6O4. The van der Waals surface area contributed by atoms with Crippen LogP contribution in [0.25, 0.3) is 0 Å². The molecule has 2 heterocycles. The van der Waals surface area contributed by atoms with Crippen LogP contribution in [0.5, 0.6) is 0 Å². The van der Waals surface area contributed by atoms with Gasteiger partial charge in [-0.25, -0.2) is 9.79 Å². The molecule has 10 nitrogen and oxygen atoms in total. The molecule has 2 aliphatic heterocycles. The van der Waals surface area contributed by atoms with E-state index >= 15 is 0 Å². The summed E-state index contributed by atoms with van der Waals surface area (Å²) in [6.07, 6.45) is 10.5. The van der Waals surface area contributed by atoms with Gasteiger partial charge in [0.05, 0.1) is 25.9 Å². The third kappa shape index (κ3) is 11.2. The zero-order chi connectivity index (χ0) is 27.8. The Morgan fingerprint density at radius 3 is 2.29 bits per heavy atom. The summed E-state index contributed by atoms with van der Waals surface area (Å²) in [5, 5.41) is 15.3. The van der Waals surface area contributed by atoms with Crippen LogP contribution in [-0.2, 0) is 14.3 Å². The third-order valence-electron chi connectivity index (χ3n) is 7.47. The number of alkyl carbamates (subject to hydrolysis) is 1. The highest BCUT2D eigenvalue weighted by Gasteiger charge is 2.37. The van der Waals surface area contributed by atoms with Crippen molar-refractivity contribution in [3.63, 3.8) is 0 Å². The summed E-state index contributed by atoms with van der Waals surface area (Å²) in [4.78, 5) is 33.4. The minimum Gasteiger partial charge on any atom is -0.450 e. The molecule has 0 spiro atoms. The number of nitriles is 1. The molecule has 2 amide bonds. The van der Waals surface area contributed by atoms with Gasteiger partial charge in [-0.2, -0.15) is 5.26 Å². The predicted octanol–water partition coefficient (Wildman–Crippen LogP) is 3.67. The topological polar surface area (TPSA) is 119 Å². The maximum Gasteiger partial charge on any atom is 0.413 e. The van der Waals surface area contributed by atoms with E-state index in [1.54, 1.807) is 13.8 Å². The van der Waals surface area contributed by atoms with E-state index in [2.05, 4.69) is 40.4 Å².